The second-order valence-electron chi connectivity index (χ2n) is 3.16. The second-order valence-corrected chi connectivity index (χ2v) is 3.16. The lowest BCUT2D eigenvalue weighted by Gasteiger charge is -2.40. The fraction of sp³-hybridized carbons (Fsp3) is 0.444. The lowest BCUT2D eigenvalue weighted by atomic mass is 10.0. The van der Waals surface area contributed by atoms with Gasteiger partial charge in [-0.3, -0.25) is 4.98 Å². The summed E-state index contributed by atoms with van der Waals surface area (Å²) in [5.41, 5.74) is 1.20. The SMILES string of the molecule is OCC1CN(c2ccncc2)C1. The summed E-state index contributed by atoms with van der Waals surface area (Å²) in [5, 5.41) is 8.81. The van der Waals surface area contributed by atoms with Gasteiger partial charge in [-0.1, -0.05) is 0 Å². The zero-order valence-electron chi connectivity index (χ0n) is 6.85. The van der Waals surface area contributed by atoms with E-state index in [0.29, 0.717) is 12.5 Å². The van der Waals surface area contributed by atoms with E-state index >= 15 is 0 Å². The highest BCUT2D eigenvalue weighted by Crippen LogP contribution is 2.22. The van der Waals surface area contributed by atoms with Gasteiger partial charge in [0.2, 0.25) is 0 Å². The standard InChI is InChI=1S/C9H12N2O/c12-7-8-5-11(6-8)9-1-3-10-4-2-9/h1-4,8,12H,5-7H2. The normalized spacial score (nSPS) is 17.6. The van der Waals surface area contributed by atoms with E-state index in [0.717, 1.165) is 13.1 Å². The summed E-state index contributed by atoms with van der Waals surface area (Å²) in [4.78, 5) is 6.19. The van der Waals surface area contributed by atoms with Gasteiger partial charge in [0.15, 0.2) is 0 Å². The summed E-state index contributed by atoms with van der Waals surface area (Å²) < 4.78 is 0. The molecular formula is C9H12N2O. The molecule has 1 saturated heterocycles. The molecule has 1 aromatic heterocycles. The summed E-state index contributed by atoms with van der Waals surface area (Å²) in [6.07, 6.45) is 3.59. The summed E-state index contributed by atoms with van der Waals surface area (Å²) >= 11 is 0. The first-order valence-corrected chi connectivity index (χ1v) is 4.16. The number of anilines is 1. The number of hydrogen-bond donors (Lipinski definition) is 1. The molecule has 0 aliphatic carbocycles. The van der Waals surface area contributed by atoms with Crippen LogP contribution < -0.4 is 4.90 Å². The Bertz CT molecular complexity index is 244. The summed E-state index contributed by atoms with van der Waals surface area (Å²) in [5.74, 6) is 0.471. The zero-order chi connectivity index (χ0) is 8.39. The van der Waals surface area contributed by atoms with E-state index in [1.807, 2.05) is 12.1 Å². The summed E-state index contributed by atoms with van der Waals surface area (Å²) in [7, 11) is 0. The van der Waals surface area contributed by atoms with Gasteiger partial charge in [-0.25, -0.2) is 0 Å². The lowest BCUT2D eigenvalue weighted by molar-refractivity contribution is 0.201. The third-order valence-electron chi connectivity index (χ3n) is 2.24. The van der Waals surface area contributed by atoms with Crippen molar-refractivity contribution in [2.75, 3.05) is 24.6 Å². The van der Waals surface area contributed by atoms with Crippen molar-refractivity contribution < 1.29 is 5.11 Å². The Hall–Kier alpha value is -1.09. The predicted octanol–water partition coefficient (Wildman–Crippen LogP) is 0.510. The van der Waals surface area contributed by atoms with Crippen LogP contribution in [0.3, 0.4) is 0 Å². The van der Waals surface area contributed by atoms with Crippen LogP contribution in [0, 0.1) is 5.92 Å². The first-order chi connectivity index (χ1) is 5.90. The third kappa shape index (κ3) is 1.28. The van der Waals surface area contributed by atoms with Gasteiger partial charge in [0.25, 0.3) is 0 Å². The molecule has 0 aromatic carbocycles. The van der Waals surface area contributed by atoms with Crippen molar-refractivity contribution in [3.8, 4) is 0 Å². The monoisotopic (exact) mass is 164 g/mol. The number of aliphatic hydroxyl groups excluding tert-OH is 1. The van der Waals surface area contributed by atoms with Crippen LogP contribution in [0.4, 0.5) is 5.69 Å². The Morgan fingerprint density at radius 3 is 2.67 bits per heavy atom. The highest BCUT2D eigenvalue weighted by molar-refractivity contribution is 5.47. The maximum atomic E-state index is 8.81. The lowest BCUT2D eigenvalue weighted by Crippen LogP contribution is -2.48. The average Bonchev–Trinajstić information content (AvgIpc) is 2.04. The van der Waals surface area contributed by atoms with E-state index in [4.69, 9.17) is 5.11 Å². The van der Waals surface area contributed by atoms with Crippen molar-refractivity contribution in [2.45, 2.75) is 0 Å². The molecule has 1 aliphatic rings. The molecule has 3 nitrogen and oxygen atoms in total. The van der Waals surface area contributed by atoms with E-state index < -0.39 is 0 Å². The topological polar surface area (TPSA) is 36.4 Å². The van der Waals surface area contributed by atoms with E-state index in [9.17, 15) is 0 Å². The van der Waals surface area contributed by atoms with Gasteiger partial charge in [0, 0.05) is 43.7 Å². The third-order valence-corrected chi connectivity index (χ3v) is 2.24. The van der Waals surface area contributed by atoms with Gasteiger partial charge in [-0.05, 0) is 12.1 Å². The quantitative estimate of drug-likeness (QED) is 0.692. The van der Waals surface area contributed by atoms with Crippen LogP contribution in [0.25, 0.3) is 0 Å². The second kappa shape index (κ2) is 3.11. The molecule has 3 heteroatoms. The molecule has 1 fully saturated rings. The minimum atomic E-state index is 0.307. The maximum Gasteiger partial charge on any atom is 0.0493 e. The highest BCUT2D eigenvalue weighted by Gasteiger charge is 2.25. The summed E-state index contributed by atoms with van der Waals surface area (Å²) in [6.45, 7) is 2.25. The van der Waals surface area contributed by atoms with Gasteiger partial charge >= 0.3 is 0 Å². The van der Waals surface area contributed by atoms with Crippen LogP contribution >= 0.6 is 0 Å². The molecule has 0 spiro atoms. The number of aromatic nitrogens is 1. The zero-order valence-corrected chi connectivity index (χ0v) is 6.85. The molecule has 0 unspecified atom stereocenters. The first kappa shape index (κ1) is 7.55. The largest absolute Gasteiger partial charge is 0.396 e. The molecule has 0 saturated carbocycles. The molecule has 0 atom stereocenters. The van der Waals surface area contributed by atoms with Crippen LogP contribution in [-0.4, -0.2) is 29.8 Å². The predicted molar refractivity (Wildman–Crippen MR) is 47.0 cm³/mol. The molecule has 1 aliphatic heterocycles. The highest BCUT2D eigenvalue weighted by atomic mass is 16.3. The van der Waals surface area contributed by atoms with Gasteiger partial charge < -0.3 is 10.0 Å². The molecule has 1 N–H and O–H groups in total. The van der Waals surface area contributed by atoms with Crippen molar-refractivity contribution in [1.82, 2.24) is 4.98 Å². The van der Waals surface area contributed by atoms with Crippen molar-refractivity contribution in [3.05, 3.63) is 24.5 Å². The van der Waals surface area contributed by atoms with Crippen molar-refractivity contribution in [2.24, 2.45) is 5.92 Å². The number of pyridine rings is 1. The van der Waals surface area contributed by atoms with Crippen LogP contribution in [0.1, 0.15) is 0 Å². The summed E-state index contributed by atoms with van der Waals surface area (Å²) in [6, 6.07) is 3.99. The molecule has 1 aromatic rings. The van der Waals surface area contributed by atoms with Gasteiger partial charge in [0.1, 0.15) is 0 Å². The molecule has 2 rings (SSSR count). The Labute approximate surface area is 71.7 Å². The van der Waals surface area contributed by atoms with Crippen LogP contribution in [0.15, 0.2) is 24.5 Å². The minimum absolute atomic E-state index is 0.307. The smallest absolute Gasteiger partial charge is 0.0493 e. The Morgan fingerprint density at radius 2 is 2.08 bits per heavy atom. The van der Waals surface area contributed by atoms with E-state index in [1.54, 1.807) is 12.4 Å². The fourth-order valence-electron chi connectivity index (χ4n) is 1.45. The number of nitrogens with zero attached hydrogens (tertiary/aromatic N) is 2. The maximum absolute atomic E-state index is 8.81. The number of aliphatic hydroxyl groups is 1. The molecule has 12 heavy (non-hydrogen) atoms. The first-order valence-electron chi connectivity index (χ1n) is 4.16. The van der Waals surface area contributed by atoms with E-state index in [2.05, 4.69) is 9.88 Å². The van der Waals surface area contributed by atoms with Crippen LogP contribution in [0.2, 0.25) is 0 Å². The van der Waals surface area contributed by atoms with Crippen LogP contribution in [-0.2, 0) is 0 Å². The molecular weight excluding hydrogens is 152 g/mol. The molecule has 2 heterocycles. The number of rotatable bonds is 2. The minimum Gasteiger partial charge on any atom is -0.396 e. The molecule has 0 bridgehead atoms. The van der Waals surface area contributed by atoms with E-state index in [-0.39, 0.29) is 0 Å². The van der Waals surface area contributed by atoms with Gasteiger partial charge in [0.05, 0.1) is 0 Å². The number of hydrogen-bond acceptors (Lipinski definition) is 3. The van der Waals surface area contributed by atoms with Crippen molar-refractivity contribution >= 4 is 5.69 Å². The van der Waals surface area contributed by atoms with Gasteiger partial charge in [-0.2, -0.15) is 0 Å². The Kier molecular flexibility index (Phi) is 1.96. The van der Waals surface area contributed by atoms with E-state index in [1.165, 1.54) is 5.69 Å². The average molecular weight is 164 g/mol. The van der Waals surface area contributed by atoms with Crippen LogP contribution in [0.5, 0.6) is 0 Å². The van der Waals surface area contributed by atoms with Crippen molar-refractivity contribution in [3.63, 3.8) is 0 Å². The molecule has 64 valence electrons. The van der Waals surface area contributed by atoms with Crippen molar-refractivity contribution in [1.29, 1.82) is 0 Å². The molecule has 0 amide bonds. The molecule has 0 radical (unpaired) electrons. The fourth-order valence-corrected chi connectivity index (χ4v) is 1.45. The Morgan fingerprint density at radius 1 is 1.42 bits per heavy atom. The van der Waals surface area contributed by atoms with Gasteiger partial charge in [-0.15, -0.1) is 0 Å². The Balaban J connectivity index is 1.97.